The molecule has 0 heterocycles. The van der Waals surface area contributed by atoms with Gasteiger partial charge in [0.25, 0.3) is 0 Å². The molecule has 0 bridgehead atoms. The monoisotopic (exact) mass is 335 g/mol. The Morgan fingerprint density at radius 1 is 1.50 bits per heavy atom. The molecule has 1 rings (SSSR count). The lowest BCUT2D eigenvalue weighted by Crippen LogP contribution is -2.38. The molecular formula is C13H19BrClNO2. The Morgan fingerprint density at radius 2 is 2.22 bits per heavy atom. The zero-order valence-corrected chi connectivity index (χ0v) is 13.0. The highest BCUT2D eigenvalue weighted by molar-refractivity contribution is 9.10. The summed E-state index contributed by atoms with van der Waals surface area (Å²) < 4.78 is 5.92. The first-order chi connectivity index (χ1) is 8.44. The maximum atomic E-state index is 10.1. The highest BCUT2D eigenvalue weighted by Gasteiger charge is 2.19. The van der Waals surface area contributed by atoms with Gasteiger partial charge in [-0.1, -0.05) is 33.6 Å². The summed E-state index contributed by atoms with van der Waals surface area (Å²) in [4.78, 5) is 0. The molecule has 18 heavy (non-hydrogen) atoms. The van der Waals surface area contributed by atoms with Crippen molar-refractivity contribution in [3.05, 3.63) is 33.3 Å². The van der Waals surface area contributed by atoms with Gasteiger partial charge in [-0.15, -0.1) is 0 Å². The van der Waals surface area contributed by atoms with Crippen LogP contribution in [0, 0.1) is 0 Å². The van der Waals surface area contributed by atoms with E-state index in [0.29, 0.717) is 31.1 Å². The normalized spacial score (nSPS) is 14.5. The van der Waals surface area contributed by atoms with E-state index in [9.17, 15) is 5.11 Å². The largest absolute Gasteiger partial charge is 0.389 e. The van der Waals surface area contributed by atoms with E-state index in [1.54, 1.807) is 14.0 Å². The molecule has 0 saturated carbocycles. The number of ether oxygens (including phenoxy) is 1. The SMILES string of the molecule is COCCC(C)(O)CNCc1ccc(Br)cc1Cl. The molecule has 0 aliphatic rings. The van der Waals surface area contributed by atoms with Crippen LogP contribution in [0.2, 0.25) is 5.02 Å². The van der Waals surface area contributed by atoms with Crippen LogP contribution in [0.4, 0.5) is 0 Å². The molecule has 0 amide bonds. The number of methoxy groups -OCH3 is 1. The predicted molar refractivity (Wildman–Crippen MR) is 78.0 cm³/mol. The van der Waals surface area contributed by atoms with Gasteiger partial charge in [0.15, 0.2) is 0 Å². The molecule has 0 radical (unpaired) electrons. The second kappa shape index (κ2) is 7.46. The Balaban J connectivity index is 2.41. The minimum atomic E-state index is -0.766. The van der Waals surface area contributed by atoms with Crippen molar-refractivity contribution in [2.24, 2.45) is 0 Å². The van der Waals surface area contributed by atoms with Crippen molar-refractivity contribution in [1.82, 2.24) is 5.32 Å². The molecule has 1 aromatic carbocycles. The van der Waals surface area contributed by atoms with Crippen molar-refractivity contribution in [3.63, 3.8) is 0 Å². The zero-order valence-electron chi connectivity index (χ0n) is 10.7. The van der Waals surface area contributed by atoms with Gasteiger partial charge in [0.05, 0.1) is 5.60 Å². The van der Waals surface area contributed by atoms with E-state index in [2.05, 4.69) is 21.2 Å². The fourth-order valence-electron chi connectivity index (χ4n) is 1.54. The van der Waals surface area contributed by atoms with Crippen molar-refractivity contribution < 1.29 is 9.84 Å². The fraction of sp³-hybridized carbons (Fsp3) is 0.538. The lowest BCUT2D eigenvalue weighted by molar-refractivity contribution is 0.0247. The molecule has 5 heteroatoms. The van der Waals surface area contributed by atoms with Gasteiger partial charge in [0, 0.05) is 42.7 Å². The van der Waals surface area contributed by atoms with Crippen molar-refractivity contribution in [2.75, 3.05) is 20.3 Å². The summed E-state index contributed by atoms with van der Waals surface area (Å²) in [5.74, 6) is 0. The molecule has 1 unspecified atom stereocenters. The first-order valence-electron chi connectivity index (χ1n) is 5.80. The Kier molecular flexibility index (Phi) is 6.60. The van der Waals surface area contributed by atoms with Crippen LogP contribution in [0.25, 0.3) is 0 Å². The van der Waals surface area contributed by atoms with Crippen LogP contribution < -0.4 is 5.32 Å². The Hall–Kier alpha value is -0.130. The lowest BCUT2D eigenvalue weighted by atomic mass is 10.0. The van der Waals surface area contributed by atoms with Crippen LogP contribution in [0.15, 0.2) is 22.7 Å². The molecule has 0 aromatic heterocycles. The van der Waals surface area contributed by atoms with Gasteiger partial charge >= 0.3 is 0 Å². The summed E-state index contributed by atoms with van der Waals surface area (Å²) in [5, 5.41) is 14.0. The molecule has 0 spiro atoms. The Labute approximate surface area is 122 Å². The van der Waals surface area contributed by atoms with E-state index >= 15 is 0 Å². The Bertz CT molecular complexity index is 385. The number of nitrogens with one attached hydrogen (secondary N) is 1. The molecule has 1 aromatic rings. The van der Waals surface area contributed by atoms with Crippen LogP contribution in [0.5, 0.6) is 0 Å². The molecule has 0 aliphatic heterocycles. The summed E-state index contributed by atoms with van der Waals surface area (Å²) in [5.41, 5.74) is 0.250. The van der Waals surface area contributed by atoms with E-state index < -0.39 is 5.60 Å². The molecular weight excluding hydrogens is 318 g/mol. The minimum absolute atomic E-state index is 0.503. The van der Waals surface area contributed by atoms with Gasteiger partial charge in [0.2, 0.25) is 0 Å². The molecule has 1 atom stereocenters. The van der Waals surface area contributed by atoms with E-state index in [1.807, 2.05) is 18.2 Å². The standard InChI is InChI=1S/C13H19BrClNO2/c1-13(17,5-6-18-2)9-16-8-10-3-4-11(14)7-12(10)15/h3-4,7,16-17H,5-6,8-9H2,1-2H3. The van der Waals surface area contributed by atoms with Crippen LogP contribution in [0.3, 0.4) is 0 Å². The molecule has 3 nitrogen and oxygen atoms in total. The van der Waals surface area contributed by atoms with Crippen molar-refractivity contribution in [1.29, 1.82) is 0 Å². The number of halogens is 2. The summed E-state index contributed by atoms with van der Waals surface area (Å²) in [6.45, 7) is 3.48. The van der Waals surface area contributed by atoms with Gasteiger partial charge in [-0.2, -0.15) is 0 Å². The number of hydrogen-bond acceptors (Lipinski definition) is 3. The number of benzene rings is 1. The molecule has 0 fully saturated rings. The molecule has 0 aliphatic carbocycles. The summed E-state index contributed by atoms with van der Waals surface area (Å²) in [7, 11) is 1.63. The third-order valence-corrected chi connectivity index (χ3v) is 3.53. The minimum Gasteiger partial charge on any atom is -0.389 e. The lowest BCUT2D eigenvalue weighted by Gasteiger charge is -2.23. The predicted octanol–water partition coefficient (Wildman–Crippen LogP) is 2.98. The third kappa shape index (κ3) is 5.67. The molecule has 2 N–H and O–H groups in total. The maximum Gasteiger partial charge on any atom is 0.0765 e. The number of aliphatic hydroxyl groups is 1. The van der Waals surface area contributed by atoms with E-state index in [0.717, 1.165) is 10.0 Å². The van der Waals surface area contributed by atoms with Gasteiger partial charge in [-0.3, -0.25) is 0 Å². The average molecular weight is 337 g/mol. The first-order valence-corrected chi connectivity index (χ1v) is 6.98. The summed E-state index contributed by atoms with van der Waals surface area (Å²) in [6.07, 6.45) is 0.602. The third-order valence-electron chi connectivity index (χ3n) is 2.68. The fourth-order valence-corrected chi connectivity index (χ4v) is 2.28. The van der Waals surface area contributed by atoms with E-state index in [-0.39, 0.29) is 0 Å². The van der Waals surface area contributed by atoms with E-state index in [1.165, 1.54) is 0 Å². The summed E-state index contributed by atoms with van der Waals surface area (Å²) in [6, 6.07) is 5.77. The smallest absolute Gasteiger partial charge is 0.0765 e. The highest BCUT2D eigenvalue weighted by atomic mass is 79.9. The van der Waals surface area contributed by atoms with Crippen molar-refractivity contribution >= 4 is 27.5 Å². The first kappa shape index (κ1) is 15.9. The number of rotatable bonds is 7. The second-order valence-corrected chi connectivity index (χ2v) is 5.90. The van der Waals surface area contributed by atoms with Crippen molar-refractivity contribution in [3.8, 4) is 0 Å². The van der Waals surface area contributed by atoms with Crippen LogP contribution >= 0.6 is 27.5 Å². The Morgan fingerprint density at radius 3 is 2.83 bits per heavy atom. The van der Waals surface area contributed by atoms with Gasteiger partial charge in [0.1, 0.15) is 0 Å². The van der Waals surface area contributed by atoms with Crippen LogP contribution in [-0.4, -0.2) is 31.0 Å². The van der Waals surface area contributed by atoms with Crippen LogP contribution in [0.1, 0.15) is 18.9 Å². The second-order valence-electron chi connectivity index (χ2n) is 4.58. The van der Waals surface area contributed by atoms with Gasteiger partial charge in [-0.25, -0.2) is 0 Å². The average Bonchev–Trinajstić information content (AvgIpc) is 2.29. The molecule has 0 saturated heterocycles. The quantitative estimate of drug-likeness (QED) is 0.804. The number of hydrogen-bond donors (Lipinski definition) is 2. The highest BCUT2D eigenvalue weighted by Crippen LogP contribution is 2.21. The zero-order chi connectivity index (χ0) is 13.6. The summed E-state index contributed by atoms with van der Waals surface area (Å²) >= 11 is 9.48. The van der Waals surface area contributed by atoms with Crippen LogP contribution in [-0.2, 0) is 11.3 Å². The van der Waals surface area contributed by atoms with E-state index in [4.69, 9.17) is 16.3 Å². The van der Waals surface area contributed by atoms with Crippen molar-refractivity contribution in [2.45, 2.75) is 25.5 Å². The van der Waals surface area contributed by atoms with Gasteiger partial charge in [-0.05, 0) is 24.6 Å². The molecule has 102 valence electrons. The topological polar surface area (TPSA) is 41.5 Å². The van der Waals surface area contributed by atoms with Gasteiger partial charge < -0.3 is 15.2 Å². The maximum absolute atomic E-state index is 10.1.